The highest BCUT2D eigenvalue weighted by molar-refractivity contribution is 4.83. The Morgan fingerprint density at radius 1 is 1.31 bits per heavy atom. The zero-order chi connectivity index (χ0) is 12.0. The van der Waals surface area contributed by atoms with Gasteiger partial charge in [-0.15, -0.1) is 0 Å². The molecular formula is C12H23N3O. The number of rotatable bonds is 7. The third-order valence-corrected chi connectivity index (χ3v) is 2.61. The summed E-state index contributed by atoms with van der Waals surface area (Å²) in [6.07, 6.45) is 5.90. The fraction of sp³-hybridized carbons (Fsp3) is 0.750. The predicted molar refractivity (Wildman–Crippen MR) is 66.9 cm³/mol. The van der Waals surface area contributed by atoms with E-state index in [1.165, 1.54) is 0 Å². The van der Waals surface area contributed by atoms with E-state index in [0.29, 0.717) is 0 Å². The van der Waals surface area contributed by atoms with Crippen LogP contribution in [0.5, 0.6) is 0 Å². The molecule has 4 nitrogen and oxygen atoms in total. The van der Waals surface area contributed by atoms with Gasteiger partial charge in [0.15, 0.2) is 0 Å². The highest BCUT2D eigenvalue weighted by Gasteiger charge is 2.04. The molecule has 4 heteroatoms. The summed E-state index contributed by atoms with van der Waals surface area (Å²) < 4.78 is 3.55. The van der Waals surface area contributed by atoms with Crippen molar-refractivity contribution in [2.24, 2.45) is 0 Å². The Morgan fingerprint density at radius 2 is 2.06 bits per heavy atom. The van der Waals surface area contributed by atoms with Crippen LogP contribution >= 0.6 is 0 Å². The number of hydrogen-bond donors (Lipinski definition) is 1. The Balaban J connectivity index is 2.40. The van der Waals surface area contributed by atoms with Crippen molar-refractivity contribution in [3.8, 4) is 0 Å². The number of aromatic nitrogens is 2. The number of imidazole rings is 1. The fourth-order valence-corrected chi connectivity index (χ4v) is 1.67. The molecule has 1 N–H and O–H groups in total. The largest absolute Gasteiger partial charge is 0.328 e. The van der Waals surface area contributed by atoms with Gasteiger partial charge in [-0.25, -0.2) is 4.79 Å². The van der Waals surface area contributed by atoms with E-state index in [4.69, 9.17) is 0 Å². The summed E-state index contributed by atoms with van der Waals surface area (Å²) in [5, 5.41) is 3.33. The molecule has 0 amide bonds. The smallest absolute Gasteiger partial charge is 0.317 e. The Labute approximate surface area is 97.3 Å². The van der Waals surface area contributed by atoms with Gasteiger partial charge < -0.3 is 5.32 Å². The summed E-state index contributed by atoms with van der Waals surface area (Å²) in [5.74, 6) is 0. The first-order chi connectivity index (χ1) is 7.66. The topological polar surface area (TPSA) is 39.0 Å². The molecule has 0 aliphatic heterocycles. The van der Waals surface area contributed by atoms with Crippen molar-refractivity contribution in [2.45, 2.75) is 46.2 Å². The van der Waals surface area contributed by atoms with Crippen molar-refractivity contribution >= 4 is 0 Å². The Bertz CT molecular complexity index is 351. The molecule has 0 fully saturated rings. The van der Waals surface area contributed by atoms with Crippen molar-refractivity contribution in [1.82, 2.24) is 14.5 Å². The lowest BCUT2D eigenvalue weighted by molar-refractivity contribution is 0.529. The summed E-state index contributed by atoms with van der Waals surface area (Å²) in [5.41, 5.74) is 0.102. The molecule has 0 unspecified atom stereocenters. The highest BCUT2D eigenvalue weighted by Crippen LogP contribution is 1.99. The third kappa shape index (κ3) is 3.52. The molecule has 0 aromatic carbocycles. The zero-order valence-electron chi connectivity index (χ0n) is 10.6. The van der Waals surface area contributed by atoms with Crippen LogP contribution < -0.4 is 11.0 Å². The Morgan fingerprint density at radius 3 is 2.62 bits per heavy atom. The maximum absolute atomic E-state index is 11.8. The van der Waals surface area contributed by atoms with Gasteiger partial charge in [0.2, 0.25) is 0 Å². The summed E-state index contributed by atoms with van der Waals surface area (Å²) in [6.45, 7) is 9.04. The van der Waals surface area contributed by atoms with Crippen molar-refractivity contribution < 1.29 is 0 Å². The minimum absolute atomic E-state index is 0.102. The van der Waals surface area contributed by atoms with Crippen LogP contribution in [0.3, 0.4) is 0 Å². The van der Waals surface area contributed by atoms with E-state index in [2.05, 4.69) is 12.2 Å². The van der Waals surface area contributed by atoms with Gasteiger partial charge in [0.1, 0.15) is 0 Å². The number of nitrogens with one attached hydrogen (secondary N) is 1. The van der Waals surface area contributed by atoms with Gasteiger partial charge in [0, 0.05) is 25.0 Å². The Hall–Kier alpha value is -1.03. The van der Waals surface area contributed by atoms with Gasteiger partial charge in [-0.3, -0.25) is 9.13 Å². The van der Waals surface area contributed by atoms with Crippen molar-refractivity contribution in [3.63, 3.8) is 0 Å². The van der Waals surface area contributed by atoms with Crippen LogP contribution in [0.25, 0.3) is 0 Å². The van der Waals surface area contributed by atoms with Crippen LogP contribution in [0.1, 0.15) is 39.7 Å². The quantitative estimate of drug-likeness (QED) is 0.716. The van der Waals surface area contributed by atoms with E-state index in [0.717, 1.165) is 32.5 Å². The van der Waals surface area contributed by atoms with Crippen LogP contribution in [0.2, 0.25) is 0 Å². The molecule has 0 atom stereocenters. The van der Waals surface area contributed by atoms with E-state index < -0.39 is 0 Å². The normalized spacial score (nSPS) is 11.2. The van der Waals surface area contributed by atoms with Gasteiger partial charge in [0.05, 0.1) is 0 Å². The summed E-state index contributed by atoms with van der Waals surface area (Å²) in [4.78, 5) is 11.8. The van der Waals surface area contributed by atoms with Gasteiger partial charge in [-0.05, 0) is 39.8 Å². The van der Waals surface area contributed by atoms with Crippen LogP contribution in [0.15, 0.2) is 17.2 Å². The lowest BCUT2D eigenvalue weighted by Crippen LogP contribution is -2.26. The van der Waals surface area contributed by atoms with Crippen LogP contribution in [-0.4, -0.2) is 22.2 Å². The second-order valence-corrected chi connectivity index (χ2v) is 4.38. The van der Waals surface area contributed by atoms with Crippen LogP contribution in [-0.2, 0) is 6.54 Å². The van der Waals surface area contributed by atoms with Gasteiger partial charge in [-0.1, -0.05) is 6.92 Å². The molecule has 0 aliphatic rings. The standard InChI is InChI=1S/C12H23N3O/c1-4-6-13-7-5-8-14-9-10-15(11(2)3)12(14)16/h9-11,13H,4-8H2,1-3H3. The summed E-state index contributed by atoms with van der Waals surface area (Å²) in [6, 6.07) is 0.243. The first kappa shape index (κ1) is 13.0. The Kier molecular flexibility index (Phi) is 5.32. The van der Waals surface area contributed by atoms with Crippen LogP contribution in [0, 0.1) is 0 Å². The van der Waals surface area contributed by atoms with Crippen LogP contribution in [0.4, 0.5) is 0 Å². The average Bonchev–Trinajstić information content (AvgIpc) is 2.60. The molecule has 16 heavy (non-hydrogen) atoms. The molecule has 1 aromatic rings. The number of nitrogens with zero attached hydrogens (tertiary/aromatic N) is 2. The molecule has 1 rings (SSSR count). The van der Waals surface area contributed by atoms with Crippen molar-refractivity contribution in [2.75, 3.05) is 13.1 Å². The minimum atomic E-state index is 0.102. The van der Waals surface area contributed by atoms with Crippen molar-refractivity contribution in [1.29, 1.82) is 0 Å². The minimum Gasteiger partial charge on any atom is -0.317 e. The number of aryl methyl sites for hydroxylation is 1. The van der Waals surface area contributed by atoms with E-state index in [9.17, 15) is 4.79 Å². The molecule has 92 valence electrons. The molecule has 0 saturated heterocycles. The molecule has 0 bridgehead atoms. The van der Waals surface area contributed by atoms with E-state index in [1.807, 2.05) is 26.2 Å². The van der Waals surface area contributed by atoms with E-state index in [1.54, 1.807) is 9.13 Å². The van der Waals surface area contributed by atoms with E-state index in [-0.39, 0.29) is 11.7 Å². The molecule has 0 radical (unpaired) electrons. The lowest BCUT2D eigenvalue weighted by atomic mass is 10.4. The summed E-state index contributed by atoms with van der Waals surface area (Å²) >= 11 is 0. The second kappa shape index (κ2) is 6.53. The molecule has 0 aliphatic carbocycles. The first-order valence-corrected chi connectivity index (χ1v) is 6.14. The van der Waals surface area contributed by atoms with Gasteiger partial charge in [0.25, 0.3) is 0 Å². The van der Waals surface area contributed by atoms with Gasteiger partial charge >= 0.3 is 5.69 Å². The maximum atomic E-state index is 11.8. The fourth-order valence-electron chi connectivity index (χ4n) is 1.67. The summed E-state index contributed by atoms with van der Waals surface area (Å²) in [7, 11) is 0. The maximum Gasteiger partial charge on any atom is 0.328 e. The predicted octanol–water partition coefficient (Wildman–Crippen LogP) is 1.62. The molecule has 1 heterocycles. The average molecular weight is 225 g/mol. The highest BCUT2D eigenvalue weighted by atomic mass is 16.1. The molecular weight excluding hydrogens is 202 g/mol. The first-order valence-electron chi connectivity index (χ1n) is 6.14. The lowest BCUT2D eigenvalue weighted by Gasteiger charge is -2.05. The number of hydrogen-bond acceptors (Lipinski definition) is 2. The van der Waals surface area contributed by atoms with E-state index >= 15 is 0 Å². The molecule has 0 spiro atoms. The second-order valence-electron chi connectivity index (χ2n) is 4.38. The third-order valence-electron chi connectivity index (χ3n) is 2.61. The van der Waals surface area contributed by atoms with Crippen molar-refractivity contribution in [3.05, 3.63) is 22.9 Å². The van der Waals surface area contributed by atoms with Gasteiger partial charge in [-0.2, -0.15) is 0 Å². The zero-order valence-corrected chi connectivity index (χ0v) is 10.6. The SMILES string of the molecule is CCCNCCCn1ccn(C(C)C)c1=O. The monoisotopic (exact) mass is 225 g/mol. The molecule has 1 aromatic heterocycles. The molecule has 0 saturated carbocycles.